The number of carbonyl (C=O) groups is 1. The van der Waals surface area contributed by atoms with E-state index in [1.807, 2.05) is 27.7 Å². The molecule has 168 valence electrons. The zero-order valence-electron chi connectivity index (χ0n) is 15.1. The van der Waals surface area contributed by atoms with Crippen molar-refractivity contribution in [3.05, 3.63) is 23.3 Å². The number of aromatic nitrogens is 6. The van der Waals surface area contributed by atoms with Crippen LogP contribution < -0.4 is 0 Å². The maximum atomic E-state index is 10.7. The minimum Gasteiger partial charge on any atom is -0.475 e. The number of nitrogens with one attached hydrogen (secondary N) is 2. The minimum absolute atomic E-state index is 0.803. The van der Waals surface area contributed by atoms with Gasteiger partial charge >= 0.3 is 27.8 Å². The summed E-state index contributed by atoms with van der Waals surface area (Å²) in [6.45, 7) is 7.45. The Morgan fingerprint density at radius 3 is 1.14 bits per heavy atom. The molecule has 2 heterocycles. The van der Waals surface area contributed by atoms with Crippen molar-refractivity contribution in [2.75, 3.05) is 0 Å². The molecule has 0 saturated carbocycles. The Bertz CT molecular complexity index is 789. The summed E-state index contributed by atoms with van der Waals surface area (Å²) in [4.78, 5) is 16.8. The molecule has 0 aliphatic heterocycles. The zero-order valence-corrected chi connectivity index (χ0v) is 15.9. The van der Waals surface area contributed by atoms with Crippen LogP contribution in [0.3, 0.4) is 0 Å². The van der Waals surface area contributed by atoms with Crippen molar-refractivity contribution >= 4 is 16.1 Å². The molecule has 2 aromatic rings. The summed E-state index contributed by atoms with van der Waals surface area (Å²) in [5, 5.41) is 20.1. The summed E-state index contributed by atoms with van der Waals surface area (Å²) < 4.78 is 89.3. The summed E-state index contributed by atoms with van der Waals surface area (Å²) in [6, 6.07) is 0. The van der Waals surface area contributed by atoms with E-state index in [4.69, 9.17) is 22.9 Å². The molecular formula is C11H16F6N6O5S. The van der Waals surface area contributed by atoms with Gasteiger partial charge < -0.3 is 5.11 Å². The average molecular weight is 458 g/mol. The third kappa shape index (κ3) is 14.9. The molecule has 0 atom stereocenters. The van der Waals surface area contributed by atoms with Crippen LogP contribution in [0.1, 0.15) is 23.3 Å². The van der Waals surface area contributed by atoms with Gasteiger partial charge in [0.25, 0.3) is 0 Å². The van der Waals surface area contributed by atoms with Crippen LogP contribution in [-0.4, -0.2) is 66.1 Å². The van der Waals surface area contributed by atoms with E-state index in [-0.39, 0.29) is 0 Å². The highest BCUT2D eigenvalue weighted by Gasteiger charge is 2.44. The highest BCUT2D eigenvalue weighted by Crippen LogP contribution is 2.20. The summed E-state index contributed by atoms with van der Waals surface area (Å²) >= 11 is 0. The van der Waals surface area contributed by atoms with Gasteiger partial charge in [0.1, 0.15) is 23.3 Å². The highest BCUT2D eigenvalue weighted by atomic mass is 32.2. The number of hydrogen-bond acceptors (Lipinski definition) is 7. The number of hydrogen-bond donors (Lipinski definition) is 4. The molecular weight excluding hydrogens is 442 g/mol. The van der Waals surface area contributed by atoms with Crippen molar-refractivity contribution in [3.8, 4) is 0 Å². The van der Waals surface area contributed by atoms with E-state index in [9.17, 15) is 26.3 Å². The van der Waals surface area contributed by atoms with Crippen LogP contribution in [0.2, 0.25) is 0 Å². The van der Waals surface area contributed by atoms with E-state index in [1.165, 1.54) is 0 Å². The van der Waals surface area contributed by atoms with Gasteiger partial charge in [-0.2, -0.15) is 45.0 Å². The number of nitrogens with zero attached hydrogens (tertiary/aromatic N) is 4. The zero-order chi connectivity index (χ0) is 23.6. The van der Waals surface area contributed by atoms with E-state index < -0.39 is 27.8 Å². The number of carboxylic acids is 1. The lowest BCUT2D eigenvalue weighted by atomic mass is 10.7. The molecule has 0 aromatic carbocycles. The molecule has 18 heteroatoms. The molecule has 0 aliphatic rings. The fraction of sp³-hybridized carbons (Fsp3) is 0.545. The molecule has 0 amide bonds. The molecule has 0 unspecified atom stereocenters. The van der Waals surface area contributed by atoms with Crippen molar-refractivity contribution < 1.29 is 49.2 Å². The first-order valence-corrected chi connectivity index (χ1v) is 8.26. The SMILES string of the molecule is Cc1n[nH]c(C)n1.Cc1n[nH]c(C)n1.O=C(O)C(F)(F)F.O=S(=O)(O)C(F)(F)F. The predicted octanol–water partition coefficient (Wildman–Crippen LogP) is 1.87. The van der Waals surface area contributed by atoms with Gasteiger partial charge in [-0.05, 0) is 27.7 Å². The van der Waals surface area contributed by atoms with Crippen molar-refractivity contribution in [2.45, 2.75) is 39.4 Å². The standard InChI is InChI=1S/2C4H7N3.C2HF3O2.CHF3O3S/c2*1-3-5-4(2)7-6-3;3-2(4,5)1(6)7;2-1(3,4)8(5,6)7/h2*1-2H3,(H,5,6,7);(H,6,7);(H,5,6,7). The Morgan fingerprint density at radius 2 is 1.10 bits per heavy atom. The van der Waals surface area contributed by atoms with Gasteiger partial charge in [0.15, 0.2) is 0 Å². The van der Waals surface area contributed by atoms with Gasteiger partial charge in [-0.15, -0.1) is 0 Å². The lowest BCUT2D eigenvalue weighted by Crippen LogP contribution is -2.21. The maximum absolute atomic E-state index is 10.7. The second-order valence-corrected chi connectivity index (χ2v) is 6.07. The second kappa shape index (κ2) is 11.3. The van der Waals surface area contributed by atoms with Gasteiger partial charge in [0.05, 0.1) is 0 Å². The number of halogens is 6. The smallest absolute Gasteiger partial charge is 0.475 e. The molecule has 0 saturated heterocycles. The fourth-order valence-electron chi connectivity index (χ4n) is 0.909. The second-order valence-electron chi connectivity index (χ2n) is 4.66. The molecule has 0 bridgehead atoms. The van der Waals surface area contributed by atoms with Gasteiger partial charge in [0.2, 0.25) is 0 Å². The third-order valence-electron chi connectivity index (χ3n) is 1.95. The van der Waals surface area contributed by atoms with Crippen LogP contribution in [0.5, 0.6) is 0 Å². The van der Waals surface area contributed by atoms with Crippen LogP contribution in [0, 0.1) is 27.7 Å². The summed E-state index contributed by atoms with van der Waals surface area (Å²) in [7, 11) is -5.84. The highest BCUT2D eigenvalue weighted by molar-refractivity contribution is 7.86. The lowest BCUT2D eigenvalue weighted by molar-refractivity contribution is -0.192. The molecule has 2 aromatic heterocycles. The molecule has 0 radical (unpaired) electrons. The molecule has 29 heavy (non-hydrogen) atoms. The monoisotopic (exact) mass is 458 g/mol. The van der Waals surface area contributed by atoms with Crippen LogP contribution >= 0.6 is 0 Å². The quantitative estimate of drug-likeness (QED) is 0.261. The molecule has 0 aliphatic carbocycles. The normalized spacial score (nSPS) is 11.1. The largest absolute Gasteiger partial charge is 0.522 e. The molecule has 2 rings (SSSR count). The maximum Gasteiger partial charge on any atom is 0.522 e. The van der Waals surface area contributed by atoms with E-state index >= 15 is 0 Å². The van der Waals surface area contributed by atoms with Crippen LogP contribution in [-0.2, 0) is 14.9 Å². The number of H-pyrrole nitrogens is 2. The van der Waals surface area contributed by atoms with Gasteiger partial charge in [0, 0.05) is 0 Å². The lowest BCUT2D eigenvalue weighted by Gasteiger charge is -1.97. The van der Waals surface area contributed by atoms with Crippen molar-refractivity contribution in [2.24, 2.45) is 0 Å². The Labute approximate surface area is 159 Å². The first-order chi connectivity index (χ1) is 12.8. The molecule has 4 N–H and O–H groups in total. The van der Waals surface area contributed by atoms with E-state index in [0.29, 0.717) is 0 Å². The first kappa shape index (κ1) is 28.4. The van der Waals surface area contributed by atoms with E-state index in [2.05, 4.69) is 30.4 Å². The molecule has 0 spiro atoms. The number of carboxylic acid groups (broad SMARTS) is 1. The fourth-order valence-corrected chi connectivity index (χ4v) is 0.909. The number of alkyl halides is 6. The van der Waals surface area contributed by atoms with Gasteiger partial charge in [-0.25, -0.2) is 14.8 Å². The van der Waals surface area contributed by atoms with Gasteiger partial charge in [-0.1, -0.05) is 0 Å². The number of aryl methyl sites for hydroxylation is 4. The molecule has 11 nitrogen and oxygen atoms in total. The van der Waals surface area contributed by atoms with Crippen LogP contribution in [0.25, 0.3) is 0 Å². The van der Waals surface area contributed by atoms with Crippen molar-refractivity contribution in [1.29, 1.82) is 0 Å². The predicted molar refractivity (Wildman–Crippen MR) is 83.0 cm³/mol. The van der Waals surface area contributed by atoms with Crippen LogP contribution in [0.4, 0.5) is 26.3 Å². The summed E-state index contributed by atoms with van der Waals surface area (Å²) in [6.07, 6.45) is -5.08. The van der Waals surface area contributed by atoms with Crippen molar-refractivity contribution in [3.63, 3.8) is 0 Å². The van der Waals surface area contributed by atoms with Gasteiger partial charge in [-0.3, -0.25) is 14.8 Å². The van der Waals surface area contributed by atoms with Crippen molar-refractivity contribution in [1.82, 2.24) is 30.4 Å². The topological polar surface area (TPSA) is 175 Å². The van der Waals surface area contributed by atoms with E-state index in [0.717, 1.165) is 23.3 Å². The summed E-state index contributed by atoms with van der Waals surface area (Å²) in [5.74, 6) is 0.595. The Kier molecular flexibility index (Phi) is 11.1. The number of aromatic amines is 2. The average Bonchev–Trinajstić information content (AvgIpc) is 3.05. The minimum atomic E-state index is -5.84. The number of rotatable bonds is 0. The number of aliphatic carboxylic acids is 1. The third-order valence-corrected chi connectivity index (χ3v) is 2.54. The Hall–Kier alpha value is -2.76. The van der Waals surface area contributed by atoms with Crippen LogP contribution in [0.15, 0.2) is 0 Å². The molecule has 0 fully saturated rings. The Morgan fingerprint density at radius 1 is 0.862 bits per heavy atom. The Balaban J connectivity index is 0. The van der Waals surface area contributed by atoms with E-state index in [1.54, 1.807) is 0 Å². The summed E-state index contributed by atoms with van der Waals surface area (Å²) in [5.41, 5.74) is -5.53. The first-order valence-electron chi connectivity index (χ1n) is 6.82.